The molecule has 244 valence electrons. The number of hydrogen-bond donors (Lipinski definition) is 0. The summed E-state index contributed by atoms with van der Waals surface area (Å²) >= 11 is 1.85. The van der Waals surface area contributed by atoms with Crippen molar-refractivity contribution in [3.63, 3.8) is 0 Å². The molecule has 6 rings (SSSR count). The fraction of sp³-hybridized carbons (Fsp3) is 0.395. The van der Waals surface area contributed by atoms with E-state index in [0.29, 0.717) is 0 Å². The number of fused-ring (bicyclic) bond motifs is 4. The Bertz CT molecular complexity index is 2080. The van der Waals surface area contributed by atoms with Gasteiger partial charge in [-0.05, 0) is 81.3 Å². The highest BCUT2D eigenvalue weighted by Gasteiger charge is 2.31. The van der Waals surface area contributed by atoms with Crippen molar-refractivity contribution in [3.05, 3.63) is 89.7 Å². The van der Waals surface area contributed by atoms with Gasteiger partial charge < -0.3 is 0 Å². The van der Waals surface area contributed by atoms with E-state index in [2.05, 4.69) is 136 Å². The second kappa shape index (κ2) is 12.6. The Balaban J connectivity index is 1.53. The molecule has 0 amide bonds. The lowest BCUT2D eigenvalue weighted by Gasteiger charge is -2.30. The lowest BCUT2D eigenvalue weighted by Crippen LogP contribution is -2.46. The fourth-order valence-corrected chi connectivity index (χ4v) is 12.9. The van der Waals surface area contributed by atoms with E-state index in [1.54, 1.807) is 11.5 Å². The third-order valence-electron chi connectivity index (χ3n) is 10.3. The summed E-state index contributed by atoms with van der Waals surface area (Å²) in [6.07, 6.45) is 3.91. The van der Waals surface area contributed by atoms with Crippen molar-refractivity contribution >= 4 is 55.7 Å². The predicted octanol–water partition coefficient (Wildman–Crippen LogP) is 12.5. The molecule has 47 heavy (non-hydrogen) atoms. The second-order valence-corrected chi connectivity index (χ2v) is 22.5. The van der Waals surface area contributed by atoms with E-state index in [1.165, 1.54) is 77.1 Å². The largest absolute Gasteiger partial charge is 0.235 e. The maximum Gasteiger partial charge on any atom is 0.116 e. The second-order valence-electron chi connectivity index (χ2n) is 16.2. The molecule has 0 bridgehead atoms. The van der Waals surface area contributed by atoms with Crippen LogP contribution in [0, 0.1) is 17.8 Å². The Hall–Kier alpha value is -3.34. The lowest BCUT2D eigenvalue weighted by atomic mass is 9.81. The van der Waals surface area contributed by atoms with Gasteiger partial charge in [0.15, 0.2) is 0 Å². The van der Waals surface area contributed by atoms with Crippen molar-refractivity contribution in [2.24, 2.45) is 10.8 Å². The van der Waals surface area contributed by atoms with E-state index in [9.17, 15) is 0 Å². The van der Waals surface area contributed by atoms with Crippen LogP contribution in [0.2, 0.25) is 18.1 Å². The molecule has 0 aliphatic rings. The van der Waals surface area contributed by atoms with Crippen molar-refractivity contribution < 1.29 is 0 Å². The third kappa shape index (κ3) is 6.56. The molecule has 0 saturated heterocycles. The van der Waals surface area contributed by atoms with Crippen LogP contribution in [0.4, 0.5) is 0 Å². The van der Waals surface area contributed by atoms with Gasteiger partial charge in [-0.25, -0.2) is 9.97 Å². The number of nitrogens with zero attached hydrogens (tertiary/aromatic N) is 2. The highest BCUT2D eigenvalue weighted by Crippen LogP contribution is 2.41. The first-order valence-electron chi connectivity index (χ1n) is 17.6. The highest BCUT2D eigenvalue weighted by atomic mass is 32.1. The Labute approximate surface area is 287 Å². The van der Waals surface area contributed by atoms with E-state index in [4.69, 9.17) is 9.97 Å². The number of rotatable bonds is 8. The Morgan fingerprint density at radius 1 is 0.702 bits per heavy atom. The van der Waals surface area contributed by atoms with Gasteiger partial charge in [-0.1, -0.05) is 140 Å². The normalized spacial score (nSPS) is 12.9. The van der Waals surface area contributed by atoms with E-state index in [0.717, 1.165) is 24.1 Å². The molecule has 6 aromatic rings. The molecule has 0 spiro atoms. The molecule has 2 aromatic heterocycles. The summed E-state index contributed by atoms with van der Waals surface area (Å²) in [5, 5.41) is 5.55. The van der Waals surface area contributed by atoms with Crippen LogP contribution in [-0.4, -0.2) is 18.0 Å². The van der Waals surface area contributed by atoms with Crippen LogP contribution in [0.25, 0.3) is 53.5 Å². The standard InChI is InChI=1S/C43H52N2SSi/c1-11-47(12-2,13-3)38-24-32(22-30-16-14-15-17-34(30)38)39-41-40(45-27-44-39)35-19-18-31(23-37(35)46-41)36-21-29(25-42(5,6)7)20-33(28(36)4)26-43(8,9)10/h14-24,27H,11-13,25-26H2,1-10H3. The summed E-state index contributed by atoms with van der Waals surface area (Å²) in [6, 6.07) is 29.6. The van der Waals surface area contributed by atoms with Crippen LogP contribution in [0.5, 0.6) is 0 Å². The first-order chi connectivity index (χ1) is 22.3. The van der Waals surface area contributed by atoms with Crippen molar-refractivity contribution in [1.82, 2.24) is 9.97 Å². The van der Waals surface area contributed by atoms with Crippen molar-refractivity contribution in [1.29, 1.82) is 0 Å². The summed E-state index contributed by atoms with van der Waals surface area (Å²) in [6.45, 7) is 23.6. The zero-order chi connectivity index (χ0) is 33.7. The quantitative estimate of drug-likeness (QED) is 0.152. The topological polar surface area (TPSA) is 25.8 Å². The zero-order valence-corrected chi connectivity index (χ0v) is 32.1. The molecule has 0 N–H and O–H groups in total. The minimum atomic E-state index is -1.65. The first kappa shape index (κ1) is 33.6. The monoisotopic (exact) mass is 656 g/mol. The maximum atomic E-state index is 4.98. The number of aromatic nitrogens is 2. The maximum absolute atomic E-state index is 4.98. The van der Waals surface area contributed by atoms with Gasteiger partial charge in [0.2, 0.25) is 0 Å². The van der Waals surface area contributed by atoms with Crippen LogP contribution < -0.4 is 5.19 Å². The van der Waals surface area contributed by atoms with Crippen LogP contribution in [0.15, 0.2) is 73.1 Å². The fourth-order valence-electron chi connectivity index (χ4n) is 7.76. The van der Waals surface area contributed by atoms with Crippen LogP contribution in [-0.2, 0) is 12.8 Å². The Kier molecular flexibility index (Phi) is 8.99. The lowest BCUT2D eigenvalue weighted by molar-refractivity contribution is 0.405. The molecular formula is C43H52N2SSi. The molecule has 2 heterocycles. The van der Waals surface area contributed by atoms with Crippen LogP contribution in [0.3, 0.4) is 0 Å². The molecule has 0 atom stereocenters. The minimum Gasteiger partial charge on any atom is -0.235 e. The molecule has 0 aliphatic carbocycles. The highest BCUT2D eigenvalue weighted by molar-refractivity contribution is 7.26. The molecule has 0 saturated carbocycles. The third-order valence-corrected chi connectivity index (χ3v) is 17.1. The number of benzene rings is 4. The molecule has 0 unspecified atom stereocenters. The van der Waals surface area contributed by atoms with Gasteiger partial charge in [-0.3, -0.25) is 0 Å². The minimum absolute atomic E-state index is 0.225. The molecule has 0 aliphatic heterocycles. The van der Waals surface area contributed by atoms with Gasteiger partial charge in [-0.2, -0.15) is 0 Å². The van der Waals surface area contributed by atoms with Crippen molar-refractivity contribution in [2.75, 3.05) is 0 Å². The van der Waals surface area contributed by atoms with Gasteiger partial charge in [0.1, 0.15) is 6.33 Å². The summed E-state index contributed by atoms with van der Waals surface area (Å²) in [7, 11) is -1.65. The van der Waals surface area contributed by atoms with E-state index >= 15 is 0 Å². The molecule has 0 radical (unpaired) electrons. The molecule has 2 nitrogen and oxygen atoms in total. The van der Waals surface area contributed by atoms with E-state index in [-0.39, 0.29) is 10.8 Å². The summed E-state index contributed by atoms with van der Waals surface area (Å²) < 4.78 is 2.46. The predicted molar refractivity (Wildman–Crippen MR) is 211 cm³/mol. The van der Waals surface area contributed by atoms with Crippen molar-refractivity contribution in [2.45, 2.75) is 100 Å². The van der Waals surface area contributed by atoms with Gasteiger partial charge in [0.25, 0.3) is 0 Å². The van der Waals surface area contributed by atoms with E-state index < -0.39 is 8.07 Å². The number of thiophene rings is 1. The average molecular weight is 657 g/mol. The molecular weight excluding hydrogens is 605 g/mol. The SMILES string of the molecule is CC[Si](CC)(CC)c1cc(-c2ncnc3c2sc2cc(-c4cc(CC(C)(C)C)cc(CC(C)(C)C)c4C)ccc23)cc2ccccc12. The summed E-state index contributed by atoms with van der Waals surface area (Å²) in [5.74, 6) is 0. The van der Waals surface area contributed by atoms with E-state index in [1.807, 2.05) is 11.3 Å². The molecule has 4 heteroatoms. The molecule has 0 fully saturated rings. The smallest absolute Gasteiger partial charge is 0.116 e. The van der Waals surface area contributed by atoms with Crippen molar-refractivity contribution in [3.8, 4) is 22.4 Å². The summed E-state index contributed by atoms with van der Waals surface area (Å²) in [4.78, 5) is 9.85. The Morgan fingerprint density at radius 3 is 2.09 bits per heavy atom. The first-order valence-corrected chi connectivity index (χ1v) is 21.0. The van der Waals surface area contributed by atoms with Gasteiger partial charge >= 0.3 is 0 Å². The number of hydrogen-bond acceptors (Lipinski definition) is 3. The molecule has 4 aromatic carbocycles. The Morgan fingerprint density at radius 2 is 1.40 bits per heavy atom. The average Bonchev–Trinajstić information content (AvgIpc) is 3.40. The van der Waals surface area contributed by atoms with Gasteiger partial charge in [0, 0.05) is 15.6 Å². The van der Waals surface area contributed by atoms with Gasteiger partial charge in [0.05, 0.1) is 24.0 Å². The van der Waals surface area contributed by atoms with Crippen LogP contribution in [0.1, 0.15) is 79.0 Å². The zero-order valence-electron chi connectivity index (χ0n) is 30.3. The van der Waals surface area contributed by atoms with Gasteiger partial charge in [-0.15, -0.1) is 11.3 Å². The summed E-state index contributed by atoms with van der Waals surface area (Å²) in [5.41, 5.74) is 10.8. The van der Waals surface area contributed by atoms with Crippen LogP contribution >= 0.6 is 11.3 Å².